The molecule has 1 aromatic carbocycles. The van der Waals surface area contributed by atoms with Crippen molar-refractivity contribution in [2.75, 3.05) is 13.2 Å². The van der Waals surface area contributed by atoms with Gasteiger partial charge in [0.1, 0.15) is 5.75 Å². The van der Waals surface area contributed by atoms with Crippen LogP contribution in [-0.2, 0) is 9.53 Å². The molecule has 0 unspecified atom stereocenters. The molecule has 7 nitrogen and oxygen atoms in total. The minimum atomic E-state index is -4.90. The number of unbranched alkanes of at least 4 members (excludes halogenated alkanes) is 8. The highest BCUT2D eigenvalue weighted by molar-refractivity contribution is 5.81. The van der Waals surface area contributed by atoms with Crippen LogP contribution in [0.3, 0.4) is 0 Å². The van der Waals surface area contributed by atoms with E-state index in [1.54, 1.807) is 12.1 Å². The van der Waals surface area contributed by atoms with Crippen molar-refractivity contribution in [3.63, 3.8) is 0 Å². The minimum absolute atomic E-state index is 0.0302. The van der Waals surface area contributed by atoms with Gasteiger partial charge in [0.2, 0.25) is 11.6 Å². The van der Waals surface area contributed by atoms with Gasteiger partial charge in [0.25, 0.3) is 0 Å². The zero-order valence-corrected chi connectivity index (χ0v) is 21.6. The van der Waals surface area contributed by atoms with Crippen LogP contribution in [0.1, 0.15) is 57.8 Å². The van der Waals surface area contributed by atoms with Crippen molar-refractivity contribution >= 4 is 17.1 Å². The molecule has 0 fully saturated rings. The lowest BCUT2D eigenvalue weighted by Crippen LogP contribution is -2.18. The predicted molar refractivity (Wildman–Crippen MR) is 141 cm³/mol. The summed E-state index contributed by atoms with van der Waals surface area (Å²) in [7, 11) is 0. The molecule has 0 aliphatic carbocycles. The summed E-state index contributed by atoms with van der Waals surface area (Å²) in [6, 6.07) is 10.1. The van der Waals surface area contributed by atoms with Gasteiger partial charge in [-0.3, -0.25) is 0 Å². The molecule has 2 heterocycles. The topological polar surface area (TPSA) is 87.9 Å². The van der Waals surface area contributed by atoms with Gasteiger partial charge in [-0.25, -0.2) is 9.59 Å². The van der Waals surface area contributed by atoms with Crippen LogP contribution in [0.2, 0.25) is 0 Å². The number of hydrogen-bond acceptors (Lipinski definition) is 7. The van der Waals surface area contributed by atoms with E-state index < -0.39 is 17.7 Å². The van der Waals surface area contributed by atoms with E-state index in [-0.39, 0.29) is 22.8 Å². The number of aromatic nitrogens is 1. The van der Waals surface area contributed by atoms with Gasteiger partial charge in [0.15, 0.2) is 0 Å². The third-order valence-electron chi connectivity index (χ3n) is 5.93. The van der Waals surface area contributed by atoms with Crippen LogP contribution in [0.5, 0.6) is 11.6 Å². The highest BCUT2D eigenvalue weighted by Gasteiger charge is 2.32. The van der Waals surface area contributed by atoms with Crippen LogP contribution >= 0.6 is 0 Å². The molecule has 0 aliphatic heterocycles. The highest BCUT2D eigenvalue weighted by Crippen LogP contribution is 2.33. The molecular weight excluding hydrogens is 515 g/mol. The molecule has 0 saturated carbocycles. The zero-order chi connectivity index (χ0) is 28.1. The molecule has 3 rings (SSSR count). The van der Waals surface area contributed by atoms with Gasteiger partial charge in [-0.2, -0.15) is 4.98 Å². The first-order valence-corrected chi connectivity index (χ1v) is 13.0. The Morgan fingerprint density at radius 2 is 1.54 bits per heavy atom. The molecule has 10 heteroatoms. The fraction of sp³-hybridized carbons (Fsp3) is 0.414. The molecule has 0 saturated heterocycles. The van der Waals surface area contributed by atoms with Crippen molar-refractivity contribution in [3.05, 3.63) is 65.5 Å². The first-order chi connectivity index (χ1) is 18.8. The summed E-state index contributed by atoms with van der Waals surface area (Å²) in [6.45, 7) is 4.27. The quantitative estimate of drug-likeness (QED) is 0.105. The molecule has 0 N–H and O–H groups in total. The number of ether oxygens (including phenoxy) is 3. The Balaban J connectivity index is 1.40. The van der Waals surface area contributed by atoms with E-state index in [9.17, 15) is 22.8 Å². The molecule has 0 radical (unpaired) electrons. The van der Waals surface area contributed by atoms with Crippen LogP contribution in [0.4, 0.5) is 13.2 Å². The van der Waals surface area contributed by atoms with Gasteiger partial charge in [-0.15, -0.1) is 13.2 Å². The second-order valence-corrected chi connectivity index (χ2v) is 8.94. The van der Waals surface area contributed by atoms with Crippen LogP contribution in [-0.4, -0.2) is 30.5 Å². The second-order valence-electron chi connectivity index (χ2n) is 8.94. The Labute approximate surface area is 224 Å². The standard InChI is InChI=1S/C29H32F3NO6/c1-2-26(34)37-19-13-9-7-5-3-4-6-8-12-18-36-25-17-16-21-20-23(28(35)38-27(21)33-25)22-14-10-11-15-24(22)39-29(30,31)32/h2,10-11,14-17,20H,1,3-9,12-13,18-19H2. The number of esters is 1. The van der Waals surface area contributed by atoms with Crippen molar-refractivity contribution in [1.29, 1.82) is 0 Å². The summed E-state index contributed by atoms with van der Waals surface area (Å²) in [5.74, 6) is -0.564. The zero-order valence-electron chi connectivity index (χ0n) is 21.6. The molecule has 39 heavy (non-hydrogen) atoms. The van der Waals surface area contributed by atoms with Gasteiger partial charge in [-0.05, 0) is 31.0 Å². The summed E-state index contributed by atoms with van der Waals surface area (Å²) in [4.78, 5) is 27.7. The number of para-hydroxylation sites is 1. The van der Waals surface area contributed by atoms with Crippen molar-refractivity contribution in [1.82, 2.24) is 4.98 Å². The van der Waals surface area contributed by atoms with Gasteiger partial charge >= 0.3 is 18.0 Å². The lowest BCUT2D eigenvalue weighted by molar-refractivity contribution is -0.274. The summed E-state index contributed by atoms with van der Waals surface area (Å²) in [5.41, 5.74) is -0.889. The number of nitrogens with zero attached hydrogens (tertiary/aromatic N) is 1. The van der Waals surface area contributed by atoms with E-state index in [1.165, 1.54) is 30.3 Å². The van der Waals surface area contributed by atoms with Crippen LogP contribution in [0, 0.1) is 0 Å². The average Bonchev–Trinajstić information content (AvgIpc) is 2.90. The summed E-state index contributed by atoms with van der Waals surface area (Å²) >= 11 is 0. The smallest absolute Gasteiger partial charge is 0.478 e. The summed E-state index contributed by atoms with van der Waals surface area (Å²) in [6.07, 6.45) is 5.73. The monoisotopic (exact) mass is 547 g/mol. The number of halogens is 3. The van der Waals surface area contributed by atoms with E-state index in [0.717, 1.165) is 63.9 Å². The molecule has 210 valence electrons. The van der Waals surface area contributed by atoms with E-state index in [0.29, 0.717) is 24.5 Å². The molecule has 0 aliphatic rings. The Morgan fingerprint density at radius 3 is 2.21 bits per heavy atom. The number of alkyl halides is 3. The molecule has 0 bridgehead atoms. The molecular formula is C29H32F3NO6. The average molecular weight is 548 g/mol. The maximum Gasteiger partial charge on any atom is 0.573 e. The Hall–Kier alpha value is -3.82. The predicted octanol–water partition coefficient (Wildman–Crippen LogP) is 7.37. The maximum atomic E-state index is 12.8. The number of pyridine rings is 1. The third kappa shape index (κ3) is 10.1. The van der Waals surface area contributed by atoms with Crippen molar-refractivity contribution < 1.29 is 36.6 Å². The van der Waals surface area contributed by atoms with E-state index >= 15 is 0 Å². The highest BCUT2D eigenvalue weighted by atomic mass is 19.4. The lowest BCUT2D eigenvalue weighted by atomic mass is 10.1. The minimum Gasteiger partial charge on any atom is -0.478 e. The SMILES string of the molecule is C=CC(=O)OCCCCCCCCCCCOc1ccc2cc(-c3ccccc3OC(F)(F)F)c(=O)oc2n1. The first kappa shape index (κ1) is 29.7. The normalized spacial score (nSPS) is 11.4. The summed E-state index contributed by atoms with van der Waals surface area (Å²) in [5, 5.41) is 0.441. The number of benzene rings is 1. The lowest BCUT2D eigenvalue weighted by Gasteiger charge is -2.13. The van der Waals surface area contributed by atoms with E-state index in [2.05, 4.69) is 16.3 Å². The van der Waals surface area contributed by atoms with Crippen molar-refractivity contribution in [3.8, 4) is 22.8 Å². The number of carbonyl (C=O) groups excluding carboxylic acids is 1. The largest absolute Gasteiger partial charge is 0.573 e. The molecule has 0 atom stereocenters. The Morgan fingerprint density at radius 1 is 0.897 bits per heavy atom. The third-order valence-corrected chi connectivity index (χ3v) is 5.93. The number of carbonyl (C=O) groups is 1. The van der Waals surface area contributed by atoms with Gasteiger partial charge in [-0.1, -0.05) is 69.7 Å². The summed E-state index contributed by atoms with van der Waals surface area (Å²) < 4.78 is 58.3. The van der Waals surface area contributed by atoms with Crippen LogP contribution < -0.4 is 15.1 Å². The van der Waals surface area contributed by atoms with Gasteiger partial charge in [0.05, 0.1) is 18.8 Å². The Bertz CT molecular complexity index is 1290. The molecule has 2 aromatic heterocycles. The van der Waals surface area contributed by atoms with Crippen molar-refractivity contribution in [2.45, 2.75) is 64.1 Å². The maximum absolute atomic E-state index is 12.8. The van der Waals surface area contributed by atoms with E-state index in [4.69, 9.17) is 13.9 Å². The second kappa shape index (κ2) is 14.9. The van der Waals surface area contributed by atoms with Crippen molar-refractivity contribution in [2.24, 2.45) is 0 Å². The first-order valence-electron chi connectivity index (χ1n) is 13.0. The van der Waals surface area contributed by atoms with Crippen LogP contribution in [0.25, 0.3) is 22.2 Å². The fourth-order valence-electron chi connectivity index (χ4n) is 4.00. The number of rotatable bonds is 16. The molecule has 0 amide bonds. The Kier molecular flexibility index (Phi) is 11.4. The molecule has 0 spiro atoms. The molecule has 3 aromatic rings. The fourth-order valence-corrected chi connectivity index (χ4v) is 4.00. The van der Waals surface area contributed by atoms with Crippen LogP contribution in [0.15, 0.2) is 64.3 Å². The van der Waals surface area contributed by atoms with Gasteiger partial charge in [0, 0.05) is 23.1 Å². The number of fused-ring (bicyclic) bond motifs is 1. The van der Waals surface area contributed by atoms with E-state index in [1.807, 2.05) is 0 Å². The number of hydrogen-bond donors (Lipinski definition) is 0. The van der Waals surface area contributed by atoms with Gasteiger partial charge < -0.3 is 18.6 Å².